The largest absolute Gasteiger partial charge is 0.493 e. The van der Waals surface area contributed by atoms with Crippen LogP contribution < -0.4 is 10.1 Å². The van der Waals surface area contributed by atoms with Crippen molar-refractivity contribution in [3.05, 3.63) is 29.6 Å². The summed E-state index contributed by atoms with van der Waals surface area (Å²) >= 11 is 0. The standard InChI is InChI=1S/C15H22FNO2/c1-3-17-11(2)14-8-13(16)4-5-15(14)19-10-12-6-7-18-9-12/h4-5,8,11-12,17H,3,6-7,9-10H2,1-2H3. The summed E-state index contributed by atoms with van der Waals surface area (Å²) in [6, 6.07) is 4.79. The van der Waals surface area contributed by atoms with Crippen molar-refractivity contribution in [2.75, 3.05) is 26.4 Å². The molecular formula is C15H22FNO2. The number of hydrogen-bond donors (Lipinski definition) is 1. The smallest absolute Gasteiger partial charge is 0.124 e. The maximum Gasteiger partial charge on any atom is 0.124 e. The highest BCUT2D eigenvalue weighted by molar-refractivity contribution is 5.36. The van der Waals surface area contributed by atoms with E-state index in [0.717, 1.165) is 37.5 Å². The van der Waals surface area contributed by atoms with Crippen LogP contribution in [-0.2, 0) is 4.74 Å². The van der Waals surface area contributed by atoms with Gasteiger partial charge in [0.15, 0.2) is 0 Å². The summed E-state index contributed by atoms with van der Waals surface area (Å²) in [4.78, 5) is 0. The van der Waals surface area contributed by atoms with E-state index in [1.54, 1.807) is 12.1 Å². The third-order valence-electron chi connectivity index (χ3n) is 3.45. The summed E-state index contributed by atoms with van der Waals surface area (Å²) in [6.07, 6.45) is 1.04. The summed E-state index contributed by atoms with van der Waals surface area (Å²) in [6.45, 7) is 7.11. The molecule has 1 aromatic carbocycles. The average molecular weight is 267 g/mol. The van der Waals surface area contributed by atoms with Crippen molar-refractivity contribution in [1.29, 1.82) is 0 Å². The molecule has 0 aliphatic carbocycles. The van der Waals surface area contributed by atoms with Gasteiger partial charge in [-0.15, -0.1) is 0 Å². The minimum Gasteiger partial charge on any atom is -0.493 e. The number of rotatable bonds is 6. The van der Waals surface area contributed by atoms with Crippen molar-refractivity contribution >= 4 is 0 Å². The highest BCUT2D eigenvalue weighted by atomic mass is 19.1. The molecule has 19 heavy (non-hydrogen) atoms. The van der Waals surface area contributed by atoms with E-state index in [0.29, 0.717) is 12.5 Å². The molecule has 2 rings (SSSR count). The van der Waals surface area contributed by atoms with Crippen LogP contribution >= 0.6 is 0 Å². The Labute approximate surface area is 114 Å². The molecule has 106 valence electrons. The Bertz CT molecular complexity index is 405. The van der Waals surface area contributed by atoms with Crippen molar-refractivity contribution in [3.63, 3.8) is 0 Å². The first-order valence-electron chi connectivity index (χ1n) is 6.94. The molecule has 1 saturated heterocycles. The molecule has 1 heterocycles. The molecule has 0 radical (unpaired) electrons. The van der Waals surface area contributed by atoms with Crippen LogP contribution in [0.25, 0.3) is 0 Å². The van der Waals surface area contributed by atoms with E-state index in [1.807, 2.05) is 13.8 Å². The number of hydrogen-bond acceptors (Lipinski definition) is 3. The fraction of sp³-hybridized carbons (Fsp3) is 0.600. The summed E-state index contributed by atoms with van der Waals surface area (Å²) in [5.74, 6) is 0.991. The maximum absolute atomic E-state index is 13.4. The molecule has 4 heteroatoms. The van der Waals surface area contributed by atoms with Gasteiger partial charge in [-0.25, -0.2) is 4.39 Å². The summed E-state index contributed by atoms with van der Waals surface area (Å²) in [7, 11) is 0. The molecule has 0 saturated carbocycles. The van der Waals surface area contributed by atoms with Crippen LogP contribution in [0.2, 0.25) is 0 Å². The molecule has 0 aromatic heterocycles. The molecule has 0 spiro atoms. The quantitative estimate of drug-likeness (QED) is 0.859. The van der Waals surface area contributed by atoms with E-state index in [1.165, 1.54) is 6.07 Å². The van der Waals surface area contributed by atoms with Crippen molar-refractivity contribution < 1.29 is 13.9 Å². The van der Waals surface area contributed by atoms with E-state index in [-0.39, 0.29) is 11.9 Å². The van der Waals surface area contributed by atoms with Gasteiger partial charge < -0.3 is 14.8 Å². The fourth-order valence-electron chi connectivity index (χ4n) is 2.33. The molecule has 0 amide bonds. The Kier molecular flexibility index (Phi) is 5.16. The molecular weight excluding hydrogens is 245 g/mol. The first-order chi connectivity index (χ1) is 9.20. The lowest BCUT2D eigenvalue weighted by Crippen LogP contribution is -2.20. The van der Waals surface area contributed by atoms with Gasteiger partial charge in [0.1, 0.15) is 11.6 Å². The second kappa shape index (κ2) is 6.87. The number of halogens is 1. The van der Waals surface area contributed by atoms with Crippen LogP contribution in [0.15, 0.2) is 18.2 Å². The van der Waals surface area contributed by atoms with Gasteiger partial charge in [-0.2, -0.15) is 0 Å². The lowest BCUT2D eigenvalue weighted by molar-refractivity contribution is 0.166. The number of nitrogens with one attached hydrogen (secondary N) is 1. The molecule has 2 atom stereocenters. The van der Waals surface area contributed by atoms with Gasteiger partial charge in [-0.3, -0.25) is 0 Å². The van der Waals surface area contributed by atoms with E-state index in [4.69, 9.17) is 9.47 Å². The van der Waals surface area contributed by atoms with Crippen molar-refractivity contribution in [2.45, 2.75) is 26.3 Å². The average Bonchev–Trinajstić information content (AvgIpc) is 2.90. The minimum atomic E-state index is -0.226. The van der Waals surface area contributed by atoms with Gasteiger partial charge in [-0.05, 0) is 38.1 Å². The molecule has 3 nitrogen and oxygen atoms in total. The van der Waals surface area contributed by atoms with E-state index < -0.39 is 0 Å². The van der Waals surface area contributed by atoms with Gasteiger partial charge in [0.05, 0.1) is 13.2 Å². The topological polar surface area (TPSA) is 30.5 Å². The lowest BCUT2D eigenvalue weighted by atomic mass is 10.1. The molecule has 1 aliphatic heterocycles. The zero-order chi connectivity index (χ0) is 13.7. The Balaban J connectivity index is 2.04. The fourth-order valence-corrected chi connectivity index (χ4v) is 2.33. The molecule has 0 bridgehead atoms. The highest BCUT2D eigenvalue weighted by Crippen LogP contribution is 2.27. The Morgan fingerprint density at radius 2 is 2.37 bits per heavy atom. The van der Waals surface area contributed by atoms with Crippen molar-refractivity contribution in [3.8, 4) is 5.75 Å². The van der Waals surface area contributed by atoms with E-state index in [2.05, 4.69) is 5.32 Å². The van der Waals surface area contributed by atoms with E-state index in [9.17, 15) is 4.39 Å². The normalized spacial score (nSPS) is 20.5. The van der Waals surface area contributed by atoms with Gasteiger partial charge in [0.25, 0.3) is 0 Å². The molecule has 1 aromatic rings. The zero-order valence-corrected chi connectivity index (χ0v) is 11.6. The zero-order valence-electron chi connectivity index (χ0n) is 11.6. The Morgan fingerprint density at radius 3 is 3.05 bits per heavy atom. The van der Waals surface area contributed by atoms with Gasteiger partial charge in [-0.1, -0.05) is 6.92 Å². The van der Waals surface area contributed by atoms with Gasteiger partial charge in [0.2, 0.25) is 0 Å². The SMILES string of the molecule is CCNC(C)c1cc(F)ccc1OCC1CCOC1. The second-order valence-electron chi connectivity index (χ2n) is 5.00. The van der Waals surface area contributed by atoms with Gasteiger partial charge in [0, 0.05) is 24.1 Å². The Morgan fingerprint density at radius 1 is 1.53 bits per heavy atom. The summed E-state index contributed by atoms with van der Waals surface area (Å²) < 4.78 is 24.6. The first kappa shape index (κ1) is 14.3. The van der Waals surface area contributed by atoms with Crippen LogP contribution in [0, 0.1) is 11.7 Å². The van der Waals surface area contributed by atoms with Crippen LogP contribution in [-0.4, -0.2) is 26.4 Å². The number of benzene rings is 1. The predicted molar refractivity (Wildman–Crippen MR) is 72.9 cm³/mol. The van der Waals surface area contributed by atoms with E-state index >= 15 is 0 Å². The Hall–Kier alpha value is -1.13. The minimum absolute atomic E-state index is 0.0792. The second-order valence-corrected chi connectivity index (χ2v) is 5.00. The highest BCUT2D eigenvalue weighted by Gasteiger charge is 2.18. The predicted octanol–water partition coefficient (Wildman–Crippen LogP) is 2.91. The first-order valence-corrected chi connectivity index (χ1v) is 6.94. The summed E-state index contributed by atoms with van der Waals surface area (Å²) in [5, 5.41) is 3.29. The number of ether oxygens (including phenoxy) is 2. The molecule has 1 N–H and O–H groups in total. The third-order valence-corrected chi connectivity index (χ3v) is 3.45. The van der Waals surface area contributed by atoms with Crippen LogP contribution in [0.4, 0.5) is 4.39 Å². The lowest BCUT2D eigenvalue weighted by Gasteiger charge is -2.19. The van der Waals surface area contributed by atoms with Crippen molar-refractivity contribution in [1.82, 2.24) is 5.32 Å². The molecule has 2 unspecified atom stereocenters. The monoisotopic (exact) mass is 267 g/mol. The van der Waals surface area contributed by atoms with Crippen LogP contribution in [0.3, 0.4) is 0 Å². The maximum atomic E-state index is 13.4. The third kappa shape index (κ3) is 3.91. The molecule has 1 fully saturated rings. The summed E-state index contributed by atoms with van der Waals surface area (Å²) in [5.41, 5.74) is 0.876. The van der Waals surface area contributed by atoms with Crippen LogP contribution in [0.5, 0.6) is 5.75 Å². The van der Waals surface area contributed by atoms with Gasteiger partial charge >= 0.3 is 0 Å². The van der Waals surface area contributed by atoms with Crippen molar-refractivity contribution in [2.24, 2.45) is 5.92 Å². The van der Waals surface area contributed by atoms with Crippen LogP contribution in [0.1, 0.15) is 31.9 Å². The molecule has 1 aliphatic rings.